The lowest BCUT2D eigenvalue weighted by Crippen LogP contribution is -2.55. The molecule has 1 heterocycles. The molecule has 1 aliphatic heterocycles. The van der Waals surface area contributed by atoms with Gasteiger partial charge in [0.2, 0.25) is 10.0 Å². The Bertz CT molecular complexity index is 741. The molecular formula is C20H35N5O2S. The number of guanidine groups is 1. The van der Waals surface area contributed by atoms with Gasteiger partial charge in [-0.3, -0.25) is 9.89 Å². The lowest BCUT2D eigenvalue weighted by atomic mass is 10.0. The van der Waals surface area contributed by atoms with E-state index in [9.17, 15) is 8.42 Å². The summed E-state index contributed by atoms with van der Waals surface area (Å²) in [5.41, 5.74) is 0.756. The number of aliphatic imine (C=N–C) groups is 1. The van der Waals surface area contributed by atoms with Gasteiger partial charge in [-0.15, -0.1) is 0 Å². The highest BCUT2D eigenvalue weighted by Gasteiger charge is 2.25. The maximum Gasteiger partial charge on any atom is 0.209 e. The monoisotopic (exact) mass is 409 g/mol. The summed E-state index contributed by atoms with van der Waals surface area (Å²) in [6.07, 6.45) is 3.26. The number of rotatable bonds is 7. The SMILES string of the molecule is CN=C(NCC(C)(C)NS(C)(=O)=O)NC1CCN(C(C)c2ccccc2)CC1. The zero-order valence-corrected chi connectivity index (χ0v) is 18.5. The summed E-state index contributed by atoms with van der Waals surface area (Å²) in [7, 11) is -1.52. The quantitative estimate of drug-likeness (QED) is 0.471. The van der Waals surface area contributed by atoms with Crippen molar-refractivity contribution >= 4 is 16.0 Å². The summed E-state index contributed by atoms with van der Waals surface area (Å²) in [5, 5.41) is 6.71. The summed E-state index contributed by atoms with van der Waals surface area (Å²) < 4.78 is 25.6. The molecule has 1 aromatic carbocycles. The van der Waals surface area contributed by atoms with Crippen molar-refractivity contribution in [2.75, 3.05) is 32.9 Å². The molecule has 0 radical (unpaired) electrons. The number of nitrogens with one attached hydrogen (secondary N) is 3. The van der Waals surface area contributed by atoms with Crippen molar-refractivity contribution in [1.29, 1.82) is 0 Å². The normalized spacial score (nSPS) is 18.7. The molecule has 1 fully saturated rings. The fourth-order valence-corrected chi connectivity index (χ4v) is 4.68. The average molecular weight is 410 g/mol. The van der Waals surface area contributed by atoms with Crippen LogP contribution in [0, 0.1) is 0 Å². The van der Waals surface area contributed by atoms with Gasteiger partial charge in [0.15, 0.2) is 5.96 Å². The van der Waals surface area contributed by atoms with Crippen molar-refractivity contribution in [1.82, 2.24) is 20.3 Å². The average Bonchev–Trinajstić information content (AvgIpc) is 2.64. The Morgan fingerprint density at radius 2 is 1.86 bits per heavy atom. The van der Waals surface area contributed by atoms with Crippen molar-refractivity contribution in [2.24, 2.45) is 4.99 Å². The van der Waals surface area contributed by atoms with Gasteiger partial charge in [0.25, 0.3) is 0 Å². The van der Waals surface area contributed by atoms with Crippen LogP contribution in [-0.2, 0) is 10.0 Å². The second kappa shape index (κ2) is 9.71. The first-order chi connectivity index (χ1) is 13.1. The largest absolute Gasteiger partial charge is 0.355 e. The number of hydrogen-bond donors (Lipinski definition) is 3. The summed E-state index contributed by atoms with van der Waals surface area (Å²) in [4.78, 5) is 6.80. The zero-order chi connectivity index (χ0) is 20.8. The molecule has 8 heteroatoms. The molecule has 0 aromatic heterocycles. The van der Waals surface area contributed by atoms with Crippen LogP contribution >= 0.6 is 0 Å². The Morgan fingerprint density at radius 3 is 2.39 bits per heavy atom. The summed E-state index contributed by atoms with van der Waals surface area (Å²) in [6, 6.07) is 11.4. The van der Waals surface area contributed by atoms with E-state index in [1.165, 1.54) is 11.8 Å². The standard InChI is InChI=1S/C20H35N5O2S/c1-16(17-9-7-6-8-10-17)25-13-11-18(12-14-25)23-19(21-4)22-15-20(2,3)24-28(5,26)27/h6-10,16,18,24H,11-15H2,1-5H3,(H2,21,22,23). The first-order valence-electron chi connectivity index (χ1n) is 9.85. The molecule has 0 aliphatic carbocycles. The van der Waals surface area contributed by atoms with Gasteiger partial charge in [-0.1, -0.05) is 30.3 Å². The van der Waals surface area contributed by atoms with Crippen LogP contribution in [0.1, 0.15) is 45.2 Å². The minimum absolute atomic E-state index is 0.358. The molecule has 7 nitrogen and oxygen atoms in total. The summed E-state index contributed by atoms with van der Waals surface area (Å²) in [6.45, 7) is 8.47. The predicted molar refractivity (Wildman–Crippen MR) is 116 cm³/mol. The van der Waals surface area contributed by atoms with E-state index < -0.39 is 15.6 Å². The van der Waals surface area contributed by atoms with E-state index in [1.807, 2.05) is 13.8 Å². The molecule has 1 atom stereocenters. The van der Waals surface area contributed by atoms with Crippen molar-refractivity contribution in [2.45, 2.75) is 51.2 Å². The Labute approximate surface area is 170 Å². The van der Waals surface area contributed by atoms with E-state index in [-0.39, 0.29) is 0 Å². The number of benzene rings is 1. The lowest BCUT2D eigenvalue weighted by molar-refractivity contribution is 0.158. The first-order valence-corrected chi connectivity index (χ1v) is 11.7. The molecule has 1 aliphatic rings. The smallest absolute Gasteiger partial charge is 0.209 e. The first kappa shape index (κ1) is 22.6. The molecule has 28 heavy (non-hydrogen) atoms. The maximum absolute atomic E-state index is 11.5. The maximum atomic E-state index is 11.5. The molecular weight excluding hydrogens is 374 g/mol. The number of sulfonamides is 1. The van der Waals surface area contributed by atoms with Crippen molar-refractivity contribution in [3.05, 3.63) is 35.9 Å². The second-order valence-corrected chi connectivity index (χ2v) is 9.97. The minimum Gasteiger partial charge on any atom is -0.355 e. The molecule has 1 saturated heterocycles. The van der Waals surface area contributed by atoms with Crippen LogP contribution < -0.4 is 15.4 Å². The zero-order valence-electron chi connectivity index (χ0n) is 17.7. The molecule has 1 unspecified atom stereocenters. The lowest BCUT2D eigenvalue weighted by Gasteiger charge is -2.37. The van der Waals surface area contributed by atoms with Crippen molar-refractivity contribution in [3.8, 4) is 0 Å². The number of hydrogen-bond acceptors (Lipinski definition) is 4. The molecule has 1 aromatic rings. The molecule has 3 N–H and O–H groups in total. The van der Waals surface area contributed by atoms with Gasteiger partial charge in [-0.05, 0) is 39.2 Å². The minimum atomic E-state index is -3.26. The highest BCUT2D eigenvalue weighted by molar-refractivity contribution is 7.88. The molecule has 0 spiro atoms. The van der Waals surface area contributed by atoms with E-state index in [2.05, 4.69) is 62.5 Å². The van der Waals surface area contributed by atoms with Crippen LogP contribution in [0.25, 0.3) is 0 Å². The number of nitrogens with zero attached hydrogens (tertiary/aromatic N) is 2. The van der Waals surface area contributed by atoms with Gasteiger partial charge in [-0.2, -0.15) is 0 Å². The third kappa shape index (κ3) is 7.41. The summed E-state index contributed by atoms with van der Waals surface area (Å²) in [5.74, 6) is 0.706. The molecule has 0 saturated carbocycles. The van der Waals surface area contributed by atoms with Crippen LogP contribution in [0.3, 0.4) is 0 Å². The number of likely N-dealkylation sites (tertiary alicyclic amines) is 1. The van der Waals surface area contributed by atoms with Crippen LogP contribution in [0.15, 0.2) is 35.3 Å². The van der Waals surface area contributed by atoms with Crippen LogP contribution in [0.5, 0.6) is 0 Å². The van der Waals surface area contributed by atoms with Gasteiger partial charge in [0.1, 0.15) is 0 Å². The molecule has 0 bridgehead atoms. The third-order valence-corrected chi connectivity index (χ3v) is 6.01. The van der Waals surface area contributed by atoms with E-state index in [0.29, 0.717) is 24.6 Å². The van der Waals surface area contributed by atoms with Gasteiger partial charge in [0, 0.05) is 44.3 Å². The third-order valence-electron chi connectivity index (χ3n) is 5.08. The van der Waals surface area contributed by atoms with Gasteiger partial charge >= 0.3 is 0 Å². The molecule has 0 amide bonds. The highest BCUT2D eigenvalue weighted by Crippen LogP contribution is 2.23. The Morgan fingerprint density at radius 1 is 1.25 bits per heavy atom. The van der Waals surface area contributed by atoms with Crippen LogP contribution in [0.2, 0.25) is 0 Å². The molecule has 2 rings (SSSR count). The van der Waals surface area contributed by atoms with Gasteiger partial charge in [-0.25, -0.2) is 13.1 Å². The van der Waals surface area contributed by atoms with E-state index in [1.54, 1.807) is 7.05 Å². The van der Waals surface area contributed by atoms with E-state index >= 15 is 0 Å². The van der Waals surface area contributed by atoms with E-state index in [0.717, 1.165) is 25.9 Å². The Kier molecular flexibility index (Phi) is 7.86. The van der Waals surface area contributed by atoms with Crippen LogP contribution in [0.4, 0.5) is 0 Å². The summed E-state index contributed by atoms with van der Waals surface area (Å²) >= 11 is 0. The highest BCUT2D eigenvalue weighted by atomic mass is 32.2. The fraction of sp³-hybridized carbons (Fsp3) is 0.650. The fourth-order valence-electron chi connectivity index (χ4n) is 3.60. The molecule has 158 valence electrons. The predicted octanol–water partition coefficient (Wildman–Crippen LogP) is 1.70. The van der Waals surface area contributed by atoms with Crippen LogP contribution in [-0.4, -0.2) is 63.8 Å². The second-order valence-electron chi connectivity index (χ2n) is 8.23. The Hall–Kier alpha value is -1.64. The number of piperidine rings is 1. The van der Waals surface area contributed by atoms with E-state index in [4.69, 9.17) is 0 Å². The van der Waals surface area contributed by atoms with Crippen molar-refractivity contribution in [3.63, 3.8) is 0 Å². The topological polar surface area (TPSA) is 85.8 Å². The van der Waals surface area contributed by atoms with Gasteiger partial charge in [0.05, 0.1) is 6.26 Å². The van der Waals surface area contributed by atoms with Crippen molar-refractivity contribution < 1.29 is 8.42 Å². The Balaban J connectivity index is 1.81. The van der Waals surface area contributed by atoms with Gasteiger partial charge < -0.3 is 10.6 Å².